The first-order chi connectivity index (χ1) is 28.8. The largest absolute Gasteiger partial charge is 0.506 e. The van der Waals surface area contributed by atoms with Crippen LogP contribution >= 0.6 is 0 Å². The number of carbonyl (C=O) groups excluding carboxylic acids is 2. The third-order valence-electron chi connectivity index (χ3n) is 12.1. The van der Waals surface area contributed by atoms with Crippen LogP contribution in [0.15, 0.2) is 108 Å². The van der Waals surface area contributed by atoms with Crippen LogP contribution in [-0.4, -0.2) is 77.6 Å². The molecule has 1 aliphatic carbocycles. The number of phenolic OH excluding ortho intramolecular Hbond substituents is 1. The Labute approximate surface area is 343 Å². The van der Waals surface area contributed by atoms with Gasteiger partial charge in [0.2, 0.25) is 5.56 Å². The number of piperidine rings is 3. The molecule has 3 unspecified atom stereocenters. The molecule has 4 aromatic carbocycles. The molecule has 5 aromatic rings. The van der Waals surface area contributed by atoms with E-state index >= 15 is 0 Å². The van der Waals surface area contributed by atoms with E-state index in [1.807, 2.05) is 78.9 Å². The number of fused-ring (bicyclic) bond motifs is 4. The maximum absolute atomic E-state index is 13.3. The molecule has 3 saturated heterocycles. The zero-order chi connectivity index (χ0) is 40.8. The lowest BCUT2D eigenvalue weighted by atomic mass is 9.86. The Morgan fingerprint density at radius 3 is 2.42 bits per heavy atom. The monoisotopic (exact) mass is 800 g/mol. The Balaban J connectivity index is 0.789. The second kappa shape index (κ2) is 18.1. The van der Waals surface area contributed by atoms with Gasteiger partial charge in [-0.2, -0.15) is 0 Å². The second-order valence-electron chi connectivity index (χ2n) is 16.1. The number of aliphatic hydroxyl groups is 1. The van der Waals surface area contributed by atoms with Crippen LogP contribution in [0.3, 0.4) is 0 Å². The van der Waals surface area contributed by atoms with E-state index in [1.165, 1.54) is 12.1 Å². The van der Waals surface area contributed by atoms with E-state index in [0.717, 1.165) is 74.0 Å². The number of esters is 1. The summed E-state index contributed by atoms with van der Waals surface area (Å²) in [5.41, 5.74) is 3.72. The number of alkyl carbamates (subject to hydrolysis) is 1. The molecule has 0 spiro atoms. The minimum absolute atomic E-state index is 0.0483. The van der Waals surface area contributed by atoms with Crippen molar-refractivity contribution in [1.29, 1.82) is 0 Å². The van der Waals surface area contributed by atoms with Crippen LogP contribution in [0.2, 0.25) is 0 Å². The van der Waals surface area contributed by atoms with E-state index < -0.39 is 23.7 Å². The van der Waals surface area contributed by atoms with Gasteiger partial charge in [-0.15, -0.1) is 0 Å². The van der Waals surface area contributed by atoms with Crippen molar-refractivity contribution < 1.29 is 34.0 Å². The molecule has 1 amide bonds. The Hall–Kier alpha value is -5.69. The number of nitrogens with zero attached hydrogens (tertiary/aromatic N) is 1. The molecule has 4 heterocycles. The highest BCUT2D eigenvalue weighted by atomic mass is 16.6. The average molecular weight is 801 g/mol. The molecule has 1 aromatic heterocycles. The lowest BCUT2D eigenvalue weighted by Crippen LogP contribution is -2.52. The summed E-state index contributed by atoms with van der Waals surface area (Å²) in [5, 5.41) is 27.8. The van der Waals surface area contributed by atoms with Crippen LogP contribution in [0.5, 0.6) is 11.5 Å². The highest BCUT2D eigenvalue weighted by Crippen LogP contribution is 2.49. The van der Waals surface area contributed by atoms with Crippen molar-refractivity contribution in [1.82, 2.24) is 20.5 Å². The smallest absolute Gasteiger partial charge is 0.408 e. The molecule has 9 rings (SSSR count). The van der Waals surface area contributed by atoms with E-state index in [1.54, 1.807) is 12.1 Å². The highest BCUT2D eigenvalue weighted by molar-refractivity contribution is 5.87. The molecule has 59 heavy (non-hydrogen) atoms. The van der Waals surface area contributed by atoms with E-state index in [2.05, 4.69) is 20.5 Å². The first-order valence-corrected chi connectivity index (χ1v) is 20.7. The van der Waals surface area contributed by atoms with Gasteiger partial charge in [-0.25, -0.2) is 4.79 Å². The van der Waals surface area contributed by atoms with Crippen molar-refractivity contribution in [3.63, 3.8) is 0 Å². The summed E-state index contributed by atoms with van der Waals surface area (Å²) in [4.78, 5) is 43.2. The van der Waals surface area contributed by atoms with Gasteiger partial charge in [-0.05, 0) is 116 Å². The molecule has 5 N–H and O–H groups in total. The molecule has 4 aliphatic rings. The van der Waals surface area contributed by atoms with Crippen molar-refractivity contribution in [2.75, 3.05) is 39.3 Å². The number of aromatic hydroxyl groups is 1. The molecular weight excluding hydrogens is 749 g/mol. The average Bonchev–Trinajstić information content (AvgIpc) is 4.08. The number of nitrogens with one attached hydrogen (secondary N) is 3. The van der Waals surface area contributed by atoms with Crippen LogP contribution in [0.25, 0.3) is 10.9 Å². The number of aromatic amines is 1. The number of hydrogen-bond acceptors (Lipinski definition) is 10. The van der Waals surface area contributed by atoms with Gasteiger partial charge in [0, 0.05) is 24.5 Å². The minimum Gasteiger partial charge on any atom is -0.506 e. The highest BCUT2D eigenvalue weighted by Gasteiger charge is 2.52. The molecule has 308 valence electrons. The maximum Gasteiger partial charge on any atom is 0.408 e. The van der Waals surface area contributed by atoms with Gasteiger partial charge in [0.1, 0.15) is 24.2 Å². The molecule has 12 nitrogen and oxygen atoms in total. The fraction of sp³-hybridized carbons (Fsp3) is 0.383. The van der Waals surface area contributed by atoms with E-state index in [4.69, 9.17) is 14.2 Å². The Bertz CT molecular complexity index is 2290. The number of aromatic nitrogens is 1. The molecule has 4 fully saturated rings. The number of H-pyrrole nitrogens is 1. The Morgan fingerprint density at radius 2 is 1.68 bits per heavy atom. The van der Waals surface area contributed by atoms with E-state index in [9.17, 15) is 24.6 Å². The number of hydrogen-bond donors (Lipinski definition) is 5. The number of unbranched alkanes of at least 4 members (excludes halogenated alkanes) is 1. The van der Waals surface area contributed by atoms with Crippen molar-refractivity contribution in [2.45, 2.75) is 68.8 Å². The van der Waals surface area contributed by atoms with Gasteiger partial charge in [-0.3, -0.25) is 14.5 Å². The molecule has 0 radical (unpaired) electrons. The Morgan fingerprint density at radius 1 is 0.898 bits per heavy atom. The first-order valence-electron chi connectivity index (χ1n) is 20.7. The van der Waals surface area contributed by atoms with Crippen LogP contribution < -0.4 is 20.9 Å². The molecule has 1 saturated carbocycles. The first kappa shape index (κ1) is 40.1. The summed E-state index contributed by atoms with van der Waals surface area (Å²) in [5.74, 6) is 0.854. The van der Waals surface area contributed by atoms with Gasteiger partial charge in [0.05, 0.1) is 29.7 Å². The summed E-state index contributed by atoms with van der Waals surface area (Å²) >= 11 is 0. The van der Waals surface area contributed by atoms with Crippen molar-refractivity contribution >= 4 is 23.0 Å². The quantitative estimate of drug-likeness (QED) is 0.0526. The topological polar surface area (TPSA) is 162 Å². The number of pyridine rings is 1. The third-order valence-corrected chi connectivity index (χ3v) is 12.1. The van der Waals surface area contributed by atoms with Crippen LogP contribution in [0, 0.1) is 5.92 Å². The number of phenols is 1. The normalized spacial score (nSPS) is 20.1. The fourth-order valence-electron chi connectivity index (χ4n) is 8.50. The van der Waals surface area contributed by atoms with Crippen LogP contribution in [0.4, 0.5) is 4.79 Å². The fourth-order valence-corrected chi connectivity index (χ4v) is 8.50. The SMILES string of the molecule is O=C(NC(c1ccccc1)c1cccc(OCc2ccc(C3(C(=O)OCCCCNCC(O)c4ccc(O)c5[nH]c(=O)ccc45)CC3)cc2)c1)OC1CN2CCC1CC2. The predicted octanol–water partition coefficient (Wildman–Crippen LogP) is 6.40. The summed E-state index contributed by atoms with van der Waals surface area (Å²) < 4.78 is 18.0. The summed E-state index contributed by atoms with van der Waals surface area (Å²) in [7, 11) is 0. The number of carbonyl (C=O) groups is 2. The zero-order valence-corrected chi connectivity index (χ0v) is 33.1. The molecule has 2 bridgehead atoms. The van der Waals surface area contributed by atoms with Crippen molar-refractivity contribution in [2.24, 2.45) is 5.92 Å². The van der Waals surface area contributed by atoms with Crippen molar-refractivity contribution in [3.8, 4) is 11.5 Å². The van der Waals surface area contributed by atoms with Crippen LogP contribution in [0.1, 0.15) is 78.5 Å². The number of aliphatic hydroxyl groups excluding tert-OH is 1. The number of ether oxygens (including phenoxy) is 3. The summed E-state index contributed by atoms with van der Waals surface area (Å²) in [6.45, 7) is 4.53. The summed E-state index contributed by atoms with van der Waals surface area (Å²) in [6.07, 6.45) is 3.74. The van der Waals surface area contributed by atoms with Gasteiger partial charge in [0.25, 0.3) is 0 Å². The van der Waals surface area contributed by atoms with Gasteiger partial charge >= 0.3 is 12.1 Å². The number of benzene rings is 4. The zero-order valence-electron chi connectivity index (χ0n) is 33.1. The van der Waals surface area contributed by atoms with Gasteiger partial charge < -0.3 is 40.0 Å². The van der Waals surface area contributed by atoms with Crippen molar-refractivity contribution in [3.05, 3.63) is 141 Å². The Kier molecular flexibility index (Phi) is 12.3. The number of amides is 1. The van der Waals surface area contributed by atoms with Gasteiger partial charge in [0.15, 0.2) is 0 Å². The lowest BCUT2D eigenvalue weighted by molar-refractivity contribution is -0.146. The molecular formula is C47H52N4O8. The molecule has 3 atom stereocenters. The molecule has 12 heteroatoms. The standard InChI is InChI=1S/C47H52N4O8/c52-39-17-15-37(38-16-18-42(54)49-44(38)39)40(53)28-48-23-4-5-26-57-45(55)47(21-22-47)35-13-11-31(12-14-35)30-58-36-10-6-9-34(27-36)43(33-7-2-1-3-8-33)50-46(56)59-41-29-51-24-19-32(41)20-25-51/h1-3,6-18,27,32,40-41,43,48,52-53H,4-5,19-26,28-30H2,(H,49,54)(H,50,56). The second-order valence-corrected chi connectivity index (χ2v) is 16.1. The maximum atomic E-state index is 13.3. The van der Waals surface area contributed by atoms with E-state index in [0.29, 0.717) is 60.9 Å². The third kappa shape index (κ3) is 9.46. The number of rotatable bonds is 17. The predicted molar refractivity (Wildman–Crippen MR) is 223 cm³/mol. The minimum atomic E-state index is -0.834. The lowest BCUT2D eigenvalue weighted by Gasteiger charge is -2.43. The van der Waals surface area contributed by atoms with Gasteiger partial charge in [-0.1, -0.05) is 72.8 Å². The summed E-state index contributed by atoms with van der Waals surface area (Å²) in [6, 6.07) is 31.3. The molecule has 3 aliphatic heterocycles. The van der Waals surface area contributed by atoms with E-state index in [-0.39, 0.29) is 23.4 Å². The van der Waals surface area contributed by atoms with Crippen LogP contribution in [-0.2, 0) is 26.3 Å².